The van der Waals surface area contributed by atoms with E-state index < -0.39 is 39.4 Å². The number of thiophene rings is 1. The molecule has 3 aliphatic carbocycles. The second-order valence-electron chi connectivity index (χ2n) is 10.0. The van der Waals surface area contributed by atoms with E-state index in [4.69, 9.17) is 27.9 Å². The van der Waals surface area contributed by atoms with E-state index in [0.717, 1.165) is 27.2 Å². The van der Waals surface area contributed by atoms with E-state index in [-0.39, 0.29) is 18.0 Å². The first-order chi connectivity index (χ1) is 19.3. The Balaban J connectivity index is 1.22. The molecule has 1 saturated heterocycles. The van der Waals surface area contributed by atoms with Crippen LogP contribution in [-0.4, -0.2) is 30.2 Å². The van der Waals surface area contributed by atoms with E-state index in [1.54, 1.807) is 17.5 Å². The lowest BCUT2D eigenvalue weighted by molar-refractivity contribution is -0.122. The molecule has 2 atom stereocenters. The number of amides is 2. The third kappa shape index (κ3) is 3.22. The Bertz CT molecular complexity index is 1610. The van der Waals surface area contributed by atoms with E-state index in [1.807, 2.05) is 48.5 Å². The number of hydrogen-bond donors (Lipinski definition) is 0. The van der Waals surface area contributed by atoms with Crippen LogP contribution in [0.15, 0.2) is 90.3 Å². The minimum atomic E-state index is -1.27. The van der Waals surface area contributed by atoms with Crippen LogP contribution in [0.1, 0.15) is 42.3 Å². The van der Waals surface area contributed by atoms with Crippen LogP contribution in [-0.2, 0) is 24.1 Å². The number of hydrogen-bond acceptors (Lipinski definition) is 6. The minimum absolute atomic E-state index is 0.182. The summed E-state index contributed by atoms with van der Waals surface area (Å²) in [6.45, 7) is -0.385. The number of benzene rings is 3. The van der Waals surface area contributed by atoms with Crippen molar-refractivity contribution in [3.8, 4) is 0 Å². The highest BCUT2D eigenvalue weighted by Gasteiger charge is 2.73. The van der Waals surface area contributed by atoms with Gasteiger partial charge in [0, 0.05) is 0 Å². The van der Waals surface area contributed by atoms with Crippen molar-refractivity contribution in [3.63, 3.8) is 0 Å². The maximum Gasteiger partial charge on any atom is 0.338 e. The molecule has 8 rings (SSSR count). The molecule has 9 heteroatoms. The van der Waals surface area contributed by atoms with Crippen molar-refractivity contribution in [3.05, 3.63) is 123 Å². The van der Waals surface area contributed by atoms with Crippen LogP contribution in [0, 0.1) is 11.8 Å². The highest BCUT2D eigenvalue weighted by Crippen LogP contribution is 2.69. The lowest BCUT2D eigenvalue weighted by Gasteiger charge is -2.54. The Labute approximate surface area is 243 Å². The average Bonchev–Trinajstić information content (AvgIpc) is 3.61. The number of halogens is 2. The van der Waals surface area contributed by atoms with Crippen molar-refractivity contribution in [2.45, 2.75) is 9.75 Å². The lowest BCUT2D eigenvalue weighted by Crippen LogP contribution is -2.57. The topological polar surface area (TPSA) is 80.8 Å². The summed E-state index contributed by atoms with van der Waals surface area (Å²) < 4.78 is 5.17. The molecule has 40 heavy (non-hydrogen) atoms. The van der Waals surface area contributed by atoms with Gasteiger partial charge in [0.15, 0.2) is 6.61 Å². The number of nitrogens with zero attached hydrogens (tertiary/aromatic N) is 1. The Morgan fingerprint density at radius 2 is 1.25 bits per heavy atom. The van der Waals surface area contributed by atoms with Gasteiger partial charge in [-0.2, -0.15) is 0 Å². The summed E-state index contributed by atoms with van der Waals surface area (Å²) in [4.78, 5) is 51.9. The van der Waals surface area contributed by atoms with E-state index in [2.05, 4.69) is 0 Å². The lowest BCUT2D eigenvalue weighted by atomic mass is 9.54. The molecule has 1 aliphatic heterocycles. The SMILES string of the molecule is O=C(OCC(=O)c1cccs1)c1ccc(N2C(=O)[C@@H]3[C@H](C2=O)C2(Cl)c4ccccc4C3(Cl)c3ccccc32)cc1. The van der Waals surface area contributed by atoms with Gasteiger partial charge in [-0.05, 0) is 58.0 Å². The number of imide groups is 1. The molecule has 2 heterocycles. The zero-order chi connectivity index (χ0) is 27.8. The van der Waals surface area contributed by atoms with Gasteiger partial charge in [-0.15, -0.1) is 34.5 Å². The number of ether oxygens (including phenoxy) is 1. The molecule has 1 fully saturated rings. The number of esters is 1. The fraction of sp³-hybridized carbons (Fsp3) is 0.161. The van der Waals surface area contributed by atoms with Crippen molar-refractivity contribution < 1.29 is 23.9 Å². The Morgan fingerprint density at radius 3 is 1.70 bits per heavy atom. The van der Waals surface area contributed by atoms with Gasteiger partial charge in [0.1, 0.15) is 9.75 Å². The third-order valence-electron chi connectivity index (χ3n) is 8.08. The summed E-state index contributed by atoms with van der Waals surface area (Å²) in [7, 11) is 0. The monoisotopic (exact) mass is 587 g/mol. The summed E-state index contributed by atoms with van der Waals surface area (Å²) in [5.74, 6) is -3.72. The van der Waals surface area contributed by atoms with Crippen LogP contribution in [0.4, 0.5) is 5.69 Å². The number of anilines is 1. The summed E-state index contributed by atoms with van der Waals surface area (Å²) in [6.07, 6.45) is 0. The maximum atomic E-state index is 14.1. The van der Waals surface area contributed by atoms with Gasteiger partial charge in [-0.3, -0.25) is 14.4 Å². The predicted molar refractivity (Wildman–Crippen MR) is 151 cm³/mol. The molecule has 1 aromatic heterocycles. The quantitative estimate of drug-likeness (QED) is 0.126. The molecule has 0 N–H and O–H groups in total. The maximum absolute atomic E-state index is 14.1. The van der Waals surface area contributed by atoms with E-state index in [1.165, 1.54) is 35.6 Å². The predicted octanol–water partition coefficient (Wildman–Crippen LogP) is 5.89. The molecule has 0 spiro atoms. The van der Waals surface area contributed by atoms with Crippen molar-refractivity contribution in [1.29, 1.82) is 0 Å². The molecule has 2 amide bonds. The smallest absolute Gasteiger partial charge is 0.338 e. The van der Waals surface area contributed by atoms with Gasteiger partial charge in [0.05, 0.1) is 28.0 Å². The van der Waals surface area contributed by atoms with Crippen molar-refractivity contribution in [1.82, 2.24) is 0 Å². The van der Waals surface area contributed by atoms with Crippen molar-refractivity contribution in [2.75, 3.05) is 11.5 Å². The van der Waals surface area contributed by atoms with Crippen LogP contribution in [0.25, 0.3) is 0 Å². The van der Waals surface area contributed by atoms with Gasteiger partial charge < -0.3 is 4.74 Å². The molecule has 4 aromatic rings. The molecule has 4 aliphatic rings. The van der Waals surface area contributed by atoms with E-state index in [9.17, 15) is 19.2 Å². The average molecular weight is 588 g/mol. The van der Waals surface area contributed by atoms with Crippen LogP contribution < -0.4 is 4.90 Å². The van der Waals surface area contributed by atoms with Crippen LogP contribution in [0.5, 0.6) is 0 Å². The highest BCUT2D eigenvalue weighted by atomic mass is 35.5. The Hall–Kier alpha value is -3.78. The molecule has 0 saturated carbocycles. The number of alkyl halides is 2. The molecular weight excluding hydrogens is 569 g/mol. The Morgan fingerprint density at radius 1 is 0.750 bits per heavy atom. The number of carbonyl (C=O) groups is 4. The van der Waals surface area contributed by atoms with Gasteiger partial charge in [0.25, 0.3) is 0 Å². The summed E-state index contributed by atoms with van der Waals surface area (Å²) >= 11 is 16.2. The molecule has 3 aromatic carbocycles. The van der Waals surface area contributed by atoms with Crippen molar-refractivity contribution in [2.24, 2.45) is 11.8 Å². The highest BCUT2D eigenvalue weighted by molar-refractivity contribution is 7.12. The first-order valence-electron chi connectivity index (χ1n) is 12.6. The Kier molecular flexibility index (Phi) is 5.58. The molecule has 198 valence electrons. The van der Waals surface area contributed by atoms with Gasteiger partial charge in [0.2, 0.25) is 17.6 Å². The van der Waals surface area contributed by atoms with Crippen LogP contribution >= 0.6 is 34.5 Å². The van der Waals surface area contributed by atoms with Crippen molar-refractivity contribution >= 4 is 63.8 Å². The van der Waals surface area contributed by atoms with E-state index >= 15 is 0 Å². The second-order valence-corrected chi connectivity index (χ2v) is 12.1. The third-order valence-corrected chi connectivity index (χ3v) is 10.3. The number of carbonyl (C=O) groups excluding carboxylic acids is 4. The number of ketones is 1. The van der Waals surface area contributed by atoms with Gasteiger partial charge in [-0.1, -0.05) is 54.6 Å². The van der Waals surface area contributed by atoms with E-state index in [0.29, 0.717) is 10.6 Å². The summed E-state index contributed by atoms with van der Waals surface area (Å²) in [5.41, 5.74) is 3.38. The first kappa shape index (κ1) is 25.2. The molecule has 6 nitrogen and oxygen atoms in total. The van der Waals surface area contributed by atoms with Crippen LogP contribution in [0.2, 0.25) is 0 Å². The zero-order valence-corrected chi connectivity index (χ0v) is 23.0. The zero-order valence-electron chi connectivity index (χ0n) is 20.7. The molecule has 0 unspecified atom stereocenters. The number of rotatable bonds is 5. The largest absolute Gasteiger partial charge is 0.454 e. The first-order valence-corrected chi connectivity index (χ1v) is 14.2. The normalized spacial score (nSPS) is 25.8. The molecule has 2 bridgehead atoms. The second kappa shape index (κ2) is 8.86. The molecule has 0 radical (unpaired) electrons. The van der Waals surface area contributed by atoms with Gasteiger partial charge in [-0.25, -0.2) is 9.69 Å². The number of Topliss-reactive ketones (excluding diaryl/α,β-unsaturated/α-hetero) is 1. The van der Waals surface area contributed by atoms with Crippen LogP contribution in [0.3, 0.4) is 0 Å². The van der Waals surface area contributed by atoms with Gasteiger partial charge >= 0.3 is 5.97 Å². The molecular formula is C31H19Cl2NO5S. The standard InChI is InChI=1S/C31H19Cl2NO5S/c32-30-19-6-1-2-7-20(19)31(33,22-9-4-3-8-21(22)30)26-25(30)27(36)34(28(26)37)18-13-11-17(12-14-18)29(38)39-16-23(35)24-10-5-15-40-24/h1-15,25-26H,16H2/t25-,26+,30?,31?. The fourth-order valence-electron chi connectivity index (χ4n) is 6.39. The minimum Gasteiger partial charge on any atom is -0.454 e. The summed E-state index contributed by atoms with van der Waals surface area (Å²) in [5, 5.41) is 1.77. The fourth-order valence-corrected chi connectivity index (χ4v) is 8.14. The summed E-state index contributed by atoms with van der Waals surface area (Å²) in [6, 6.07) is 24.2.